The van der Waals surface area contributed by atoms with Gasteiger partial charge in [0.1, 0.15) is 5.82 Å². The van der Waals surface area contributed by atoms with Crippen molar-refractivity contribution in [2.24, 2.45) is 5.92 Å². The first-order chi connectivity index (χ1) is 7.58. The van der Waals surface area contributed by atoms with Gasteiger partial charge in [0, 0.05) is 29.7 Å². The highest BCUT2D eigenvalue weighted by Gasteiger charge is 2.26. The average molecular weight is 285 g/mol. The first-order valence-corrected chi connectivity index (χ1v) is 6.42. The largest absolute Gasteiger partial charge is 0.393 e. The quantitative estimate of drug-likeness (QED) is 0.906. The number of aliphatic hydroxyl groups excluding tert-OH is 1. The number of hydrogen-bond donors (Lipinski definition) is 1. The summed E-state index contributed by atoms with van der Waals surface area (Å²) in [4.78, 5) is 6.66. The lowest BCUT2D eigenvalue weighted by Gasteiger charge is -2.19. The van der Waals surface area contributed by atoms with Gasteiger partial charge in [-0.05, 0) is 47.8 Å². The fourth-order valence-corrected chi connectivity index (χ4v) is 2.30. The maximum atomic E-state index is 9.56. The lowest BCUT2D eigenvalue weighted by molar-refractivity contribution is 0.136. The van der Waals surface area contributed by atoms with E-state index in [1.54, 1.807) is 0 Å². The molecule has 2 atom stereocenters. The summed E-state index contributed by atoms with van der Waals surface area (Å²) in [6.07, 6.45) is 2.68. The second-order valence-electron chi connectivity index (χ2n) is 4.53. The minimum absolute atomic E-state index is 0.221. The number of nitrogens with zero attached hydrogens (tertiary/aromatic N) is 2. The van der Waals surface area contributed by atoms with Gasteiger partial charge in [-0.2, -0.15) is 0 Å². The molecule has 1 aromatic rings. The Balaban J connectivity index is 2.11. The van der Waals surface area contributed by atoms with Gasteiger partial charge in [0.15, 0.2) is 0 Å². The maximum Gasteiger partial charge on any atom is 0.128 e. The SMILES string of the molecule is Cc1cc(N2CCC(C(C)O)C2)ncc1Br. The molecule has 0 bridgehead atoms. The van der Waals surface area contributed by atoms with E-state index in [0.717, 1.165) is 29.8 Å². The van der Waals surface area contributed by atoms with Gasteiger partial charge in [0.25, 0.3) is 0 Å². The van der Waals surface area contributed by atoms with Crippen LogP contribution in [0.5, 0.6) is 0 Å². The van der Waals surface area contributed by atoms with Crippen LogP contribution in [0.1, 0.15) is 18.9 Å². The molecular formula is C12H17BrN2O. The molecule has 4 heteroatoms. The average Bonchev–Trinajstić information content (AvgIpc) is 2.71. The van der Waals surface area contributed by atoms with E-state index < -0.39 is 0 Å². The molecule has 16 heavy (non-hydrogen) atoms. The van der Waals surface area contributed by atoms with Gasteiger partial charge in [-0.1, -0.05) is 0 Å². The summed E-state index contributed by atoms with van der Waals surface area (Å²) in [5, 5.41) is 9.56. The standard InChI is InChI=1S/C12H17BrN2O/c1-8-5-12(14-6-11(8)13)15-4-3-10(7-15)9(2)16/h5-6,9-10,16H,3-4,7H2,1-2H3. The zero-order valence-corrected chi connectivity index (χ0v) is 11.2. The highest BCUT2D eigenvalue weighted by molar-refractivity contribution is 9.10. The van der Waals surface area contributed by atoms with E-state index in [-0.39, 0.29) is 6.10 Å². The summed E-state index contributed by atoms with van der Waals surface area (Å²) < 4.78 is 1.04. The Labute approximate surface area is 105 Å². The fraction of sp³-hybridized carbons (Fsp3) is 0.583. The van der Waals surface area contributed by atoms with E-state index in [1.165, 1.54) is 5.56 Å². The molecule has 0 saturated carbocycles. The summed E-state index contributed by atoms with van der Waals surface area (Å²) in [6, 6.07) is 2.09. The molecule has 1 fully saturated rings. The molecule has 1 aliphatic heterocycles. The van der Waals surface area contributed by atoms with Crippen molar-refractivity contribution in [2.75, 3.05) is 18.0 Å². The van der Waals surface area contributed by atoms with Gasteiger partial charge in [-0.25, -0.2) is 4.98 Å². The predicted molar refractivity (Wildman–Crippen MR) is 68.7 cm³/mol. The van der Waals surface area contributed by atoms with Gasteiger partial charge in [0.05, 0.1) is 6.10 Å². The molecule has 3 nitrogen and oxygen atoms in total. The summed E-state index contributed by atoms with van der Waals surface area (Å²) in [6.45, 7) is 5.83. The summed E-state index contributed by atoms with van der Waals surface area (Å²) in [5.74, 6) is 1.40. The van der Waals surface area contributed by atoms with Gasteiger partial charge in [-0.15, -0.1) is 0 Å². The predicted octanol–water partition coefficient (Wildman–Crippen LogP) is 2.36. The minimum atomic E-state index is -0.221. The molecule has 1 aliphatic rings. The normalized spacial score (nSPS) is 22.5. The molecule has 1 saturated heterocycles. The lowest BCUT2D eigenvalue weighted by Crippen LogP contribution is -2.24. The van der Waals surface area contributed by atoms with Crippen LogP contribution in [0.3, 0.4) is 0 Å². The van der Waals surface area contributed by atoms with Crippen molar-refractivity contribution >= 4 is 21.7 Å². The molecule has 2 rings (SSSR count). The molecule has 1 aromatic heterocycles. The topological polar surface area (TPSA) is 36.4 Å². The first-order valence-electron chi connectivity index (χ1n) is 5.63. The molecule has 1 N–H and O–H groups in total. The van der Waals surface area contributed by atoms with Crippen LogP contribution < -0.4 is 4.90 Å². The van der Waals surface area contributed by atoms with Gasteiger partial charge in [-0.3, -0.25) is 0 Å². The van der Waals surface area contributed by atoms with E-state index in [0.29, 0.717) is 5.92 Å². The highest BCUT2D eigenvalue weighted by atomic mass is 79.9. The summed E-state index contributed by atoms with van der Waals surface area (Å²) in [5.41, 5.74) is 1.20. The van der Waals surface area contributed by atoms with Crippen LogP contribution >= 0.6 is 15.9 Å². The molecule has 88 valence electrons. The number of aryl methyl sites for hydroxylation is 1. The van der Waals surface area contributed by atoms with Crippen molar-refractivity contribution in [1.82, 2.24) is 4.98 Å². The van der Waals surface area contributed by atoms with Crippen LogP contribution in [0.15, 0.2) is 16.7 Å². The van der Waals surface area contributed by atoms with Crippen molar-refractivity contribution in [3.63, 3.8) is 0 Å². The van der Waals surface area contributed by atoms with Crippen LogP contribution in [0.4, 0.5) is 5.82 Å². The third kappa shape index (κ3) is 2.38. The van der Waals surface area contributed by atoms with E-state index in [9.17, 15) is 5.11 Å². The van der Waals surface area contributed by atoms with E-state index >= 15 is 0 Å². The monoisotopic (exact) mass is 284 g/mol. The zero-order chi connectivity index (χ0) is 11.7. The fourth-order valence-electron chi connectivity index (χ4n) is 2.09. The van der Waals surface area contributed by atoms with Gasteiger partial charge >= 0.3 is 0 Å². The van der Waals surface area contributed by atoms with Crippen molar-refractivity contribution in [3.8, 4) is 0 Å². The van der Waals surface area contributed by atoms with E-state index in [1.807, 2.05) is 13.1 Å². The second kappa shape index (κ2) is 4.72. The number of pyridine rings is 1. The van der Waals surface area contributed by atoms with E-state index in [4.69, 9.17) is 0 Å². The van der Waals surface area contributed by atoms with Gasteiger partial charge in [0.2, 0.25) is 0 Å². The molecular weight excluding hydrogens is 268 g/mol. The number of halogens is 1. The zero-order valence-electron chi connectivity index (χ0n) is 9.65. The van der Waals surface area contributed by atoms with E-state index in [2.05, 4.69) is 38.8 Å². The number of anilines is 1. The van der Waals surface area contributed by atoms with Crippen LogP contribution in [-0.4, -0.2) is 29.3 Å². The Morgan fingerprint density at radius 3 is 2.94 bits per heavy atom. The number of aliphatic hydroxyl groups is 1. The minimum Gasteiger partial charge on any atom is -0.393 e. The number of rotatable bonds is 2. The van der Waals surface area contributed by atoms with Crippen LogP contribution in [-0.2, 0) is 0 Å². The molecule has 0 radical (unpaired) electrons. The third-order valence-corrected chi connectivity index (χ3v) is 4.09. The Bertz CT molecular complexity index is 381. The molecule has 0 amide bonds. The van der Waals surface area contributed by atoms with Crippen molar-refractivity contribution < 1.29 is 5.11 Å². The van der Waals surface area contributed by atoms with Crippen LogP contribution in [0, 0.1) is 12.8 Å². The summed E-state index contributed by atoms with van der Waals surface area (Å²) >= 11 is 3.45. The van der Waals surface area contributed by atoms with Crippen molar-refractivity contribution in [1.29, 1.82) is 0 Å². The molecule has 2 heterocycles. The molecule has 0 aromatic carbocycles. The molecule has 0 aliphatic carbocycles. The first kappa shape index (κ1) is 11.9. The third-order valence-electron chi connectivity index (χ3n) is 3.26. The number of aromatic nitrogens is 1. The smallest absolute Gasteiger partial charge is 0.128 e. The lowest BCUT2D eigenvalue weighted by atomic mass is 10.0. The Morgan fingerprint density at radius 1 is 1.62 bits per heavy atom. The molecule has 2 unspecified atom stereocenters. The highest BCUT2D eigenvalue weighted by Crippen LogP contribution is 2.26. The van der Waals surface area contributed by atoms with Crippen LogP contribution in [0.2, 0.25) is 0 Å². The number of hydrogen-bond acceptors (Lipinski definition) is 3. The van der Waals surface area contributed by atoms with Gasteiger partial charge < -0.3 is 10.0 Å². The second-order valence-corrected chi connectivity index (χ2v) is 5.38. The maximum absolute atomic E-state index is 9.56. The van der Waals surface area contributed by atoms with Crippen LogP contribution in [0.25, 0.3) is 0 Å². The Hall–Kier alpha value is -0.610. The summed E-state index contributed by atoms with van der Waals surface area (Å²) in [7, 11) is 0. The Morgan fingerprint density at radius 2 is 2.38 bits per heavy atom. The van der Waals surface area contributed by atoms with Crippen molar-refractivity contribution in [2.45, 2.75) is 26.4 Å². The van der Waals surface area contributed by atoms with Crippen molar-refractivity contribution in [3.05, 3.63) is 22.3 Å². The molecule has 0 spiro atoms. The Kier molecular flexibility index (Phi) is 3.50.